The number of amides is 1. The van der Waals surface area contributed by atoms with Crippen LogP contribution in [0.3, 0.4) is 0 Å². The Morgan fingerprint density at radius 3 is 2.41 bits per heavy atom. The number of hydrogen-bond donors (Lipinski definition) is 1. The highest BCUT2D eigenvalue weighted by Crippen LogP contribution is 2.30. The van der Waals surface area contributed by atoms with Gasteiger partial charge in [0.05, 0.1) is 17.2 Å². The Labute approximate surface area is 224 Å². The summed E-state index contributed by atoms with van der Waals surface area (Å²) in [5, 5.41) is 12.3. The highest BCUT2D eigenvalue weighted by Gasteiger charge is 2.34. The molecule has 6 nitrogen and oxygen atoms in total. The molecule has 0 radical (unpaired) electrons. The first-order valence-corrected chi connectivity index (χ1v) is 12.2. The van der Waals surface area contributed by atoms with Crippen molar-refractivity contribution in [2.45, 2.75) is 50.9 Å². The summed E-state index contributed by atoms with van der Waals surface area (Å²) in [6, 6.07) is 17.9. The van der Waals surface area contributed by atoms with Gasteiger partial charge in [-0.3, -0.25) is 4.79 Å². The number of aromatic nitrogens is 1. The van der Waals surface area contributed by atoms with E-state index < -0.39 is 36.0 Å². The molecule has 0 fully saturated rings. The van der Waals surface area contributed by atoms with E-state index in [1.165, 1.54) is 13.8 Å². The summed E-state index contributed by atoms with van der Waals surface area (Å²) in [6.45, 7) is 4.19. The molecule has 2 unspecified atom stereocenters. The molecule has 1 amide bonds. The monoisotopic (exact) mass is 543 g/mol. The van der Waals surface area contributed by atoms with E-state index in [2.05, 4.69) is 16.4 Å². The van der Waals surface area contributed by atoms with Crippen molar-refractivity contribution in [2.75, 3.05) is 13.3 Å². The minimum Gasteiger partial charge on any atom is -0.491 e. The quantitative estimate of drug-likeness (QED) is 0.300. The Kier molecular flexibility index (Phi) is 9.51. The molecule has 0 aliphatic rings. The van der Waals surface area contributed by atoms with Crippen LogP contribution in [0.15, 0.2) is 66.9 Å². The molecule has 1 aromatic heterocycles. The summed E-state index contributed by atoms with van der Waals surface area (Å²) in [7, 11) is 0. The number of nitrogens with one attached hydrogen (secondary N) is 1. The van der Waals surface area contributed by atoms with Gasteiger partial charge in [-0.2, -0.15) is 18.4 Å². The highest BCUT2D eigenvalue weighted by molar-refractivity contribution is 5.85. The molecule has 0 saturated carbocycles. The van der Waals surface area contributed by atoms with Crippen LogP contribution in [0.1, 0.15) is 48.9 Å². The minimum absolute atomic E-state index is 0.0359. The summed E-state index contributed by atoms with van der Waals surface area (Å²) >= 11 is 0. The molecule has 3 rings (SSSR count). The topological polar surface area (TPSA) is 84.2 Å². The molecule has 1 heterocycles. The van der Waals surface area contributed by atoms with Crippen LogP contribution < -0.4 is 14.8 Å². The zero-order chi connectivity index (χ0) is 28.6. The first-order chi connectivity index (χ1) is 18.4. The number of carbonyl (C=O) groups excluding carboxylic acids is 1. The molecular weight excluding hydrogens is 514 g/mol. The van der Waals surface area contributed by atoms with Crippen molar-refractivity contribution < 1.29 is 31.8 Å². The second-order valence-corrected chi connectivity index (χ2v) is 9.49. The molecule has 0 spiro atoms. The van der Waals surface area contributed by atoms with Gasteiger partial charge >= 0.3 is 6.18 Å². The average Bonchev–Trinajstić information content (AvgIpc) is 2.90. The van der Waals surface area contributed by atoms with E-state index in [1.54, 1.807) is 30.3 Å². The third-order valence-electron chi connectivity index (χ3n) is 6.10. The number of ether oxygens (including phenoxy) is 2. The molecule has 206 valence electrons. The predicted molar refractivity (Wildman–Crippen MR) is 137 cm³/mol. The smallest absolute Gasteiger partial charge is 0.417 e. The zero-order valence-electron chi connectivity index (χ0n) is 21.8. The average molecular weight is 544 g/mol. The Morgan fingerprint density at radius 2 is 1.82 bits per heavy atom. The number of pyridine rings is 1. The molecule has 1 N–H and O–H groups in total. The van der Waals surface area contributed by atoms with E-state index in [9.17, 15) is 27.6 Å². The number of nitriles is 1. The van der Waals surface area contributed by atoms with Gasteiger partial charge in [-0.25, -0.2) is 9.37 Å². The number of benzene rings is 2. The SMILES string of the molecule is CC(NC(=O)C(C)(C)Oc1ccc(C(F)(F)F)cn1)C(Cc1ccc(OCCF)cc1)c1cccc(C#N)c1. The van der Waals surface area contributed by atoms with Crippen molar-refractivity contribution in [3.63, 3.8) is 0 Å². The summed E-state index contributed by atoms with van der Waals surface area (Å²) < 4.78 is 61.8. The van der Waals surface area contributed by atoms with Gasteiger partial charge in [-0.15, -0.1) is 0 Å². The molecule has 3 aromatic rings. The van der Waals surface area contributed by atoms with Crippen LogP contribution in [-0.2, 0) is 17.4 Å². The van der Waals surface area contributed by atoms with Gasteiger partial charge in [-0.05, 0) is 68.7 Å². The van der Waals surface area contributed by atoms with Crippen molar-refractivity contribution in [2.24, 2.45) is 0 Å². The number of halogens is 4. The standard InChI is InChI=1S/C29H29F4N3O3/c1-19(36-27(37)28(2,3)39-26-12-9-23(18-35-26)29(31,32)33)25(22-6-4-5-21(15-22)17-34)16-20-7-10-24(11-8-20)38-14-13-30/h4-12,15,18-19,25H,13-14,16H2,1-3H3,(H,36,37). The van der Waals surface area contributed by atoms with E-state index in [0.29, 0.717) is 23.9 Å². The van der Waals surface area contributed by atoms with Crippen molar-refractivity contribution in [1.82, 2.24) is 10.3 Å². The second kappa shape index (κ2) is 12.6. The minimum atomic E-state index is -4.53. The normalized spacial score (nSPS) is 13.2. The lowest BCUT2D eigenvalue weighted by Gasteiger charge is -2.30. The molecular formula is C29H29F4N3O3. The van der Waals surface area contributed by atoms with E-state index >= 15 is 0 Å². The Bertz CT molecular complexity index is 1290. The van der Waals surface area contributed by atoms with E-state index in [4.69, 9.17) is 9.47 Å². The first-order valence-electron chi connectivity index (χ1n) is 12.2. The number of hydrogen-bond acceptors (Lipinski definition) is 5. The van der Waals surface area contributed by atoms with Crippen LogP contribution in [0.4, 0.5) is 17.6 Å². The maximum absolute atomic E-state index is 13.2. The molecule has 0 aliphatic heterocycles. The van der Waals surface area contributed by atoms with E-state index in [-0.39, 0.29) is 18.4 Å². The van der Waals surface area contributed by atoms with Gasteiger partial charge in [0, 0.05) is 24.2 Å². The Balaban J connectivity index is 1.78. The summed E-state index contributed by atoms with van der Waals surface area (Å²) in [5.41, 5.74) is -0.128. The molecule has 2 atom stereocenters. The van der Waals surface area contributed by atoms with Crippen LogP contribution >= 0.6 is 0 Å². The number of nitrogens with zero attached hydrogens (tertiary/aromatic N) is 2. The number of carbonyl (C=O) groups is 1. The molecule has 2 aromatic carbocycles. The third-order valence-corrected chi connectivity index (χ3v) is 6.10. The Morgan fingerprint density at radius 1 is 1.10 bits per heavy atom. The fraction of sp³-hybridized carbons (Fsp3) is 0.345. The van der Waals surface area contributed by atoms with Crippen LogP contribution in [0.25, 0.3) is 0 Å². The van der Waals surface area contributed by atoms with Gasteiger partial charge in [0.15, 0.2) is 5.60 Å². The van der Waals surface area contributed by atoms with Crippen molar-refractivity contribution in [3.05, 3.63) is 89.1 Å². The fourth-order valence-corrected chi connectivity index (χ4v) is 3.95. The van der Waals surface area contributed by atoms with Crippen LogP contribution in [-0.4, -0.2) is 35.8 Å². The largest absolute Gasteiger partial charge is 0.491 e. The summed E-state index contributed by atoms with van der Waals surface area (Å²) in [5.74, 6) is -0.325. The number of rotatable bonds is 11. The lowest BCUT2D eigenvalue weighted by molar-refractivity contribution is -0.138. The van der Waals surface area contributed by atoms with E-state index in [1.807, 2.05) is 25.1 Å². The lowest BCUT2D eigenvalue weighted by Crippen LogP contribution is -2.51. The third kappa shape index (κ3) is 8.18. The fourth-order valence-electron chi connectivity index (χ4n) is 3.95. The van der Waals surface area contributed by atoms with Crippen LogP contribution in [0.5, 0.6) is 11.6 Å². The molecule has 10 heteroatoms. The van der Waals surface area contributed by atoms with Crippen molar-refractivity contribution in [1.29, 1.82) is 5.26 Å². The maximum atomic E-state index is 13.2. The summed E-state index contributed by atoms with van der Waals surface area (Å²) in [4.78, 5) is 16.9. The van der Waals surface area contributed by atoms with Gasteiger partial charge in [0.25, 0.3) is 5.91 Å². The van der Waals surface area contributed by atoms with Crippen molar-refractivity contribution >= 4 is 5.91 Å². The van der Waals surface area contributed by atoms with Crippen LogP contribution in [0, 0.1) is 11.3 Å². The number of alkyl halides is 4. The van der Waals surface area contributed by atoms with Crippen molar-refractivity contribution in [3.8, 4) is 17.7 Å². The van der Waals surface area contributed by atoms with Gasteiger partial charge < -0.3 is 14.8 Å². The Hall–Kier alpha value is -4.13. The maximum Gasteiger partial charge on any atom is 0.417 e. The molecule has 0 saturated heterocycles. The highest BCUT2D eigenvalue weighted by atomic mass is 19.4. The first kappa shape index (κ1) is 29.4. The molecule has 0 aliphatic carbocycles. The lowest BCUT2D eigenvalue weighted by atomic mass is 9.85. The van der Waals surface area contributed by atoms with E-state index in [0.717, 1.165) is 23.3 Å². The van der Waals surface area contributed by atoms with Gasteiger partial charge in [-0.1, -0.05) is 24.3 Å². The molecule has 0 bridgehead atoms. The zero-order valence-corrected chi connectivity index (χ0v) is 21.8. The summed E-state index contributed by atoms with van der Waals surface area (Å²) in [6.07, 6.45) is -3.38. The van der Waals surface area contributed by atoms with Crippen LogP contribution in [0.2, 0.25) is 0 Å². The molecule has 39 heavy (non-hydrogen) atoms. The second-order valence-electron chi connectivity index (χ2n) is 9.49. The predicted octanol–water partition coefficient (Wildman–Crippen LogP) is 6.01. The van der Waals surface area contributed by atoms with Gasteiger partial charge in [0.2, 0.25) is 5.88 Å². The van der Waals surface area contributed by atoms with Gasteiger partial charge in [0.1, 0.15) is 19.0 Å².